The molecule has 0 saturated carbocycles. The molecule has 0 aliphatic rings. The van der Waals surface area contributed by atoms with Gasteiger partial charge >= 0.3 is 11.9 Å². The second kappa shape index (κ2) is 22.9. The smallest absolute Gasteiger partial charge is 0.303 e. The van der Waals surface area contributed by atoms with Crippen LogP contribution in [0.4, 0.5) is 0 Å². The molecule has 3 N–H and O–H groups in total. The van der Waals surface area contributed by atoms with Crippen molar-refractivity contribution in [3.05, 3.63) is 0 Å². The summed E-state index contributed by atoms with van der Waals surface area (Å²) in [5.74, 6) is -2.15. The molecule has 0 aliphatic heterocycles. The van der Waals surface area contributed by atoms with E-state index in [-0.39, 0.29) is 12.8 Å². The van der Waals surface area contributed by atoms with Crippen molar-refractivity contribution in [1.29, 1.82) is 0 Å². The first kappa shape index (κ1) is 26.1. The van der Waals surface area contributed by atoms with Crippen molar-refractivity contribution in [2.45, 2.75) is 110 Å². The first-order valence-corrected chi connectivity index (χ1v) is 10.1. The molecule has 25 heavy (non-hydrogen) atoms. The molecule has 0 amide bonds. The largest absolute Gasteiger partial charge is 0.481 e. The standard InChI is InChI=1S/C16H34O.C4H6O4/c1-2-3-4-5-6-7-8-9-10-11-12-13-14-15-16-17;5-3(6)1-2-4(7)8/h17H,2-16H2,1H3;1-2H2,(H,5,6)(H,7,8). The van der Waals surface area contributed by atoms with Gasteiger partial charge in [0.25, 0.3) is 0 Å². The number of carboxylic acid groups (broad SMARTS) is 2. The van der Waals surface area contributed by atoms with Gasteiger partial charge in [0.1, 0.15) is 0 Å². The summed E-state index contributed by atoms with van der Waals surface area (Å²) in [5.41, 5.74) is 0. The molecular formula is C20H40O5. The Morgan fingerprint density at radius 1 is 0.560 bits per heavy atom. The molecule has 0 spiro atoms. The lowest BCUT2D eigenvalue weighted by atomic mass is 10.0. The van der Waals surface area contributed by atoms with Gasteiger partial charge in [-0.15, -0.1) is 0 Å². The van der Waals surface area contributed by atoms with Crippen LogP contribution in [-0.2, 0) is 9.59 Å². The Balaban J connectivity index is 0. The Morgan fingerprint density at radius 2 is 0.840 bits per heavy atom. The minimum Gasteiger partial charge on any atom is -0.481 e. The Morgan fingerprint density at radius 3 is 1.08 bits per heavy atom. The van der Waals surface area contributed by atoms with Crippen LogP contribution in [0.15, 0.2) is 0 Å². The normalized spacial score (nSPS) is 10.2. The Bertz CT molecular complexity index is 264. The van der Waals surface area contributed by atoms with Crippen molar-refractivity contribution in [3.63, 3.8) is 0 Å². The highest BCUT2D eigenvalue weighted by molar-refractivity contribution is 5.75. The summed E-state index contributed by atoms with van der Waals surface area (Å²) in [6.45, 7) is 2.65. The van der Waals surface area contributed by atoms with Gasteiger partial charge in [0, 0.05) is 6.61 Å². The van der Waals surface area contributed by atoms with E-state index in [1.807, 2.05) is 0 Å². The summed E-state index contributed by atoms with van der Waals surface area (Å²) in [4.78, 5) is 19.3. The van der Waals surface area contributed by atoms with E-state index in [4.69, 9.17) is 15.3 Å². The van der Waals surface area contributed by atoms with E-state index in [1.54, 1.807) is 0 Å². The van der Waals surface area contributed by atoms with E-state index in [1.165, 1.54) is 83.5 Å². The van der Waals surface area contributed by atoms with Crippen LogP contribution in [0, 0.1) is 0 Å². The van der Waals surface area contributed by atoms with Crippen LogP contribution in [0.5, 0.6) is 0 Å². The zero-order chi connectivity index (χ0) is 19.2. The topological polar surface area (TPSA) is 94.8 Å². The highest BCUT2D eigenvalue weighted by atomic mass is 16.4. The van der Waals surface area contributed by atoms with Gasteiger partial charge in [0.05, 0.1) is 12.8 Å². The fraction of sp³-hybridized carbons (Fsp3) is 0.900. The van der Waals surface area contributed by atoms with Crippen LogP contribution in [0.1, 0.15) is 110 Å². The van der Waals surface area contributed by atoms with Crippen LogP contribution >= 0.6 is 0 Å². The van der Waals surface area contributed by atoms with E-state index >= 15 is 0 Å². The van der Waals surface area contributed by atoms with Crippen molar-refractivity contribution >= 4 is 11.9 Å². The number of aliphatic hydroxyl groups excluding tert-OH is 1. The molecule has 0 saturated heterocycles. The SMILES string of the molecule is CCCCCCCCCCCCCCCCO.O=C(O)CCC(=O)O. The molecule has 0 bridgehead atoms. The van der Waals surface area contributed by atoms with E-state index in [0.29, 0.717) is 6.61 Å². The van der Waals surface area contributed by atoms with Gasteiger partial charge < -0.3 is 15.3 Å². The summed E-state index contributed by atoms with van der Waals surface area (Å²) >= 11 is 0. The average molecular weight is 361 g/mol. The van der Waals surface area contributed by atoms with Gasteiger partial charge in [-0.2, -0.15) is 0 Å². The number of aliphatic hydroxyl groups is 1. The van der Waals surface area contributed by atoms with Gasteiger partial charge in [-0.1, -0.05) is 90.4 Å². The van der Waals surface area contributed by atoms with E-state index in [2.05, 4.69) is 6.92 Å². The van der Waals surface area contributed by atoms with Crippen LogP contribution in [0.3, 0.4) is 0 Å². The third-order valence-corrected chi connectivity index (χ3v) is 4.06. The first-order valence-electron chi connectivity index (χ1n) is 10.1. The van der Waals surface area contributed by atoms with Gasteiger partial charge in [-0.25, -0.2) is 0 Å². The van der Waals surface area contributed by atoms with Crippen molar-refractivity contribution in [2.24, 2.45) is 0 Å². The predicted octanol–water partition coefficient (Wildman–Crippen LogP) is 5.40. The Kier molecular flexibility index (Phi) is 23.9. The lowest BCUT2D eigenvalue weighted by Gasteiger charge is -2.02. The van der Waals surface area contributed by atoms with Gasteiger partial charge in [0.2, 0.25) is 0 Å². The molecule has 0 heterocycles. The summed E-state index contributed by atoms with van der Waals surface area (Å²) < 4.78 is 0. The molecule has 0 aliphatic carbocycles. The molecule has 0 atom stereocenters. The lowest BCUT2D eigenvalue weighted by Crippen LogP contribution is -2.00. The molecule has 0 fully saturated rings. The number of carbonyl (C=O) groups is 2. The number of aliphatic carboxylic acids is 2. The molecule has 5 heteroatoms. The predicted molar refractivity (Wildman–Crippen MR) is 102 cm³/mol. The van der Waals surface area contributed by atoms with E-state index in [9.17, 15) is 9.59 Å². The molecule has 0 unspecified atom stereocenters. The fourth-order valence-electron chi connectivity index (χ4n) is 2.52. The van der Waals surface area contributed by atoms with Crippen molar-refractivity contribution in [3.8, 4) is 0 Å². The highest BCUT2D eigenvalue weighted by Gasteiger charge is 2.00. The highest BCUT2D eigenvalue weighted by Crippen LogP contribution is 2.12. The Hall–Kier alpha value is -1.10. The second-order valence-corrected chi connectivity index (χ2v) is 6.61. The van der Waals surface area contributed by atoms with Crippen molar-refractivity contribution in [2.75, 3.05) is 6.61 Å². The minimum absolute atomic E-state index is 0.296. The minimum atomic E-state index is -1.08. The molecule has 150 valence electrons. The third kappa shape index (κ3) is 31.2. The van der Waals surface area contributed by atoms with Gasteiger partial charge in [-0.05, 0) is 6.42 Å². The maximum absolute atomic E-state index is 9.64. The fourth-order valence-corrected chi connectivity index (χ4v) is 2.52. The Labute approximate surface area is 153 Å². The number of unbranched alkanes of at least 4 members (excludes halogenated alkanes) is 13. The molecule has 0 aromatic rings. The second-order valence-electron chi connectivity index (χ2n) is 6.61. The van der Waals surface area contributed by atoms with Gasteiger partial charge in [0.15, 0.2) is 0 Å². The number of rotatable bonds is 17. The molecule has 0 aromatic heterocycles. The van der Waals surface area contributed by atoms with E-state index in [0.717, 1.165) is 6.42 Å². The molecule has 0 radical (unpaired) electrons. The summed E-state index contributed by atoms with van der Waals surface area (Å²) in [7, 11) is 0. The molecule has 0 aromatic carbocycles. The van der Waals surface area contributed by atoms with Crippen molar-refractivity contribution < 1.29 is 24.9 Å². The lowest BCUT2D eigenvalue weighted by molar-refractivity contribution is -0.143. The number of carboxylic acids is 2. The van der Waals surface area contributed by atoms with Crippen LogP contribution in [0.25, 0.3) is 0 Å². The maximum atomic E-state index is 9.64. The average Bonchev–Trinajstić information content (AvgIpc) is 2.58. The summed E-state index contributed by atoms with van der Waals surface area (Å²) in [5, 5.41) is 24.4. The summed E-state index contributed by atoms with van der Waals surface area (Å²) in [6.07, 6.45) is 18.6. The quantitative estimate of drug-likeness (QED) is 0.302. The molecule has 0 rings (SSSR count). The third-order valence-electron chi connectivity index (χ3n) is 4.06. The van der Waals surface area contributed by atoms with Crippen LogP contribution in [0.2, 0.25) is 0 Å². The first-order chi connectivity index (χ1) is 12.0. The summed E-state index contributed by atoms with van der Waals surface area (Å²) in [6, 6.07) is 0. The van der Waals surface area contributed by atoms with Crippen molar-refractivity contribution in [1.82, 2.24) is 0 Å². The molecular weight excluding hydrogens is 320 g/mol. The number of hydrogen-bond donors (Lipinski definition) is 3. The van der Waals surface area contributed by atoms with Gasteiger partial charge in [-0.3, -0.25) is 9.59 Å². The van der Waals surface area contributed by atoms with E-state index < -0.39 is 11.9 Å². The van der Waals surface area contributed by atoms with Crippen LogP contribution in [-0.4, -0.2) is 33.9 Å². The zero-order valence-electron chi connectivity index (χ0n) is 16.2. The van der Waals surface area contributed by atoms with Crippen LogP contribution < -0.4 is 0 Å². The molecule has 5 nitrogen and oxygen atoms in total. The number of hydrogen-bond acceptors (Lipinski definition) is 3. The zero-order valence-corrected chi connectivity index (χ0v) is 16.2. The maximum Gasteiger partial charge on any atom is 0.303 e. The monoisotopic (exact) mass is 360 g/mol.